The summed E-state index contributed by atoms with van der Waals surface area (Å²) in [5, 5.41) is 3.30. The molecule has 0 rings (SSSR count). The summed E-state index contributed by atoms with van der Waals surface area (Å²) >= 11 is 0. The van der Waals surface area contributed by atoms with Gasteiger partial charge in [-0.2, -0.15) is 0 Å². The zero-order valence-electron chi connectivity index (χ0n) is 16.8. The maximum absolute atomic E-state index is 11.8. The van der Waals surface area contributed by atoms with Crippen LogP contribution >= 0.6 is 0 Å². The van der Waals surface area contributed by atoms with Crippen molar-refractivity contribution in [2.75, 3.05) is 26.4 Å². The average molecular weight is 358 g/mol. The van der Waals surface area contributed by atoms with Crippen LogP contribution in [0.2, 0.25) is 0 Å². The summed E-state index contributed by atoms with van der Waals surface area (Å²) < 4.78 is 16.1. The molecular formula is C20H39NO4. The van der Waals surface area contributed by atoms with Crippen molar-refractivity contribution in [3.05, 3.63) is 11.8 Å². The molecule has 0 aliphatic rings. The third-order valence-corrected chi connectivity index (χ3v) is 3.83. The smallest absolute Gasteiger partial charge is 0.332 e. The highest BCUT2D eigenvalue weighted by Crippen LogP contribution is 2.12. The monoisotopic (exact) mass is 357 g/mol. The van der Waals surface area contributed by atoms with Gasteiger partial charge in [0.15, 0.2) is 6.29 Å². The average Bonchev–Trinajstić information content (AvgIpc) is 2.59. The van der Waals surface area contributed by atoms with Crippen molar-refractivity contribution < 1.29 is 19.0 Å². The molecule has 0 fully saturated rings. The number of esters is 1. The van der Waals surface area contributed by atoms with Gasteiger partial charge in [-0.15, -0.1) is 0 Å². The number of allylic oxidation sites excluding steroid dienone is 1. The molecule has 5 heteroatoms. The zero-order chi connectivity index (χ0) is 18.8. The fourth-order valence-corrected chi connectivity index (χ4v) is 2.56. The van der Waals surface area contributed by atoms with Gasteiger partial charge < -0.3 is 19.5 Å². The second-order valence-electron chi connectivity index (χ2n) is 6.01. The summed E-state index contributed by atoms with van der Waals surface area (Å²) in [5.41, 5.74) is 0.899. The van der Waals surface area contributed by atoms with Crippen molar-refractivity contribution in [1.29, 1.82) is 0 Å². The fourth-order valence-electron chi connectivity index (χ4n) is 2.56. The van der Waals surface area contributed by atoms with Crippen molar-refractivity contribution in [1.82, 2.24) is 5.32 Å². The van der Waals surface area contributed by atoms with E-state index in [1.807, 2.05) is 20.8 Å². The van der Waals surface area contributed by atoms with Crippen LogP contribution < -0.4 is 5.32 Å². The Morgan fingerprint density at radius 2 is 1.48 bits per heavy atom. The van der Waals surface area contributed by atoms with E-state index in [4.69, 9.17) is 14.2 Å². The molecule has 0 radical (unpaired) electrons. The van der Waals surface area contributed by atoms with Crippen LogP contribution in [0.15, 0.2) is 11.8 Å². The molecule has 148 valence electrons. The molecule has 0 saturated carbocycles. The van der Waals surface area contributed by atoms with E-state index in [1.165, 1.54) is 38.5 Å². The zero-order valence-corrected chi connectivity index (χ0v) is 16.8. The number of hydrogen-bond acceptors (Lipinski definition) is 5. The van der Waals surface area contributed by atoms with Crippen molar-refractivity contribution >= 4 is 5.97 Å². The van der Waals surface area contributed by atoms with E-state index in [-0.39, 0.29) is 12.3 Å². The van der Waals surface area contributed by atoms with Gasteiger partial charge in [-0.1, -0.05) is 45.4 Å². The van der Waals surface area contributed by atoms with Gasteiger partial charge in [-0.25, -0.2) is 4.79 Å². The number of carbonyl (C=O) groups excluding carboxylic acids is 1. The quantitative estimate of drug-likeness (QED) is 0.179. The third-order valence-electron chi connectivity index (χ3n) is 3.83. The maximum atomic E-state index is 11.8. The lowest BCUT2D eigenvalue weighted by Gasteiger charge is -2.19. The number of ether oxygens (including phenoxy) is 3. The van der Waals surface area contributed by atoms with Gasteiger partial charge in [0.1, 0.15) is 0 Å². The number of rotatable bonds is 17. The molecule has 0 unspecified atom stereocenters. The first-order valence-electron chi connectivity index (χ1n) is 10.0. The van der Waals surface area contributed by atoms with Gasteiger partial charge in [0.25, 0.3) is 0 Å². The molecule has 5 nitrogen and oxygen atoms in total. The molecule has 0 aromatic heterocycles. The molecule has 0 bridgehead atoms. The molecule has 1 N–H and O–H groups in total. The molecular weight excluding hydrogens is 318 g/mol. The number of nitrogens with one attached hydrogen (secondary N) is 1. The SMILES string of the molecule is CCCCCCCCC/C(=C\C(=O)OCC)NCC(OCC)OCC. The number of hydrogen-bond donors (Lipinski definition) is 1. The van der Waals surface area contributed by atoms with E-state index in [0.717, 1.165) is 18.5 Å². The van der Waals surface area contributed by atoms with E-state index in [9.17, 15) is 4.79 Å². The molecule has 0 spiro atoms. The predicted molar refractivity (Wildman–Crippen MR) is 102 cm³/mol. The number of unbranched alkanes of at least 4 members (excludes halogenated alkanes) is 6. The molecule has 0 aliphatic carbocycles. The summed E-state index contributed by atoms with van der Waals surface area (Å²) in [5.74, 6) is -0.294. The van der Waals surface area contributed by atoms with Crippen LogP contribution in [-0.2, 0) is 19.0 Å². The lowest BCUT2D eigenvalue weighted by molar-refractivity contribution is -0.137. The van der Waals surface area contributed by atoms with Gasteiger partial charge in [0.05, 0.1) is 13.2 Å². The Morgan fingerprint density at radius 1 is 0.880 bits per heavy atom. The van der Waals surface area contributed by atoms with Gasteiger partial charge >= 0.3 is 5.97 Å². The lowest BCUT2D eigenvalue weighted by atomic mass is 10.1. The van der Waals surface area contributed by atoms with Crippen molar-refractivity contribution in [3.63, 3.8) is 0 Å². The fraction of sp³-hybridized carbons (Fsp3) is 0.850. The first kappa shape index (κ1) is 23.9. The van der Waals surface area contributed by atoms with Crippen LogP contribution in [0.5, 0.6) is 0 Å². The Kier molecular flexibility index (Phi) is 17.0. The maximum Gasteiger partial charge on any atom is 0.332 e. The molecule has 0 heterocycles. The second kappa shape index (κ2) is 17.7. The van der Waals surface area contributed by atoms with Crippen LogP contribution in [-0.4, -0.2) is 38.6 Å². The van der Waals surface area contributed by atoms with Gasteiger partial charge in [0, 0.05) is 25.0 Å². The summed E-state index contributed by atoms with van der Waals surface area (Å²) in [6.07, 6.45) is 10.8. The molecule has 0 atom stereocenters. The summed E-state index contributed by atoms with van der Waals surface area (Å²) in [6.45, 7) is 10.1. The normalized spacial score (nSPS) is 11.8. The van der Waals surface area contributed by atoms with Crippen LogP contribution in [0.4, 0.5) is 0 Å². The van der Waals surface area contributed by atoms with Crippen LogP contribution in [0, 0.1) is 0 Å². The summed E-state index contributed by atoms with van der Waals surface area (Å²) in [4.78, 5) is 11.8. The molecule has 0 aliphatic heterocycles. The van der Waals surface area contributed by atoms with Crippen molar-refractivity contribution in [2.45, 2.75) is 85.4 Å². The molecule has 0 aromatic rings. The minimum Gasteiger partial charge on any atom is -0.463 e. The Labute approximate surface area is 154 Å². The Morgan fingerprint density at radius 3 is 2.04 bits per heavy atom. The first-order chi connectivity index (χ1) is 12.2. The standard InChI is InChI=1S/C20H39NO4/c1-5-9-10-11-12-13-14-15-18(16-19(22)23-6-2)21-17-20(24-7-3)25-8-4/h16,20-21H,5-15,17H2,1-4H3/b18-16+. The van der Waals surface area contributed by atoms with E-state index in [1.54, 1.807) is 6.08 Å². The molecule has 0 aromatic carbocycles. The summed E-state index contributed by atoms with van der Waals surface area (Å²) in [7, 11) is 0. The Balaban J connectivity index is 4.33. The van der Waals surface area contributed by atoms with E-state index in [0.29, 0.717) is 26.4 Å². The highest BCUT2D eigenvalue weighted by Gasteiger charge is 2.10. The number of carbonyl (C=O) groups is 1. The minimum absolute atomic E-state index is 0.294. The Bertz CT molecular complexity index is 339. The predicted octanol–water partition coefficient (Wildman–Crippen LogP) is 4.56. The van der Waals surface area contributed by atoms with Crippen molar-refractivity contribution in [2.24, 2.45) is 0 Å². The topological polar surface area (TPSA) is 56.8 Å². The Hall–Kier alpha value is -1.07. The second-order valence-corrected chi connectivity index (χ2v) is 6.01. The highest BCUT2D eigenvalue weighted by molar-refractivity contribution is 5.82. The van der Waals surface area contributed by atoms with Crippen LogP contribution in [0.3, 0.4) is 0 Å². The van der Waals surface area contributed by atoms with E-state index in [2.05, 4.69) is 12.2 Å². The van der Waals surface area contributed by atoms with Gasteiger partial charge in [-0.05, 0) is 33.6 Å². The first-order valence-corrected chi connectivity index (χ1v) is 10.0. The minimum atomic E-state index is -0.297. The van der Waals surface area contributed by atoms with E-state index >= 15 is 0 Å². The van der Waals surface area contributed by atoms with E-state index < -0.39 is 0 Å². The lowest BCUT2D eigenvalue weighted by Crippen LogP contribution is -2.31. The van der Waals surface area contributed by atoms with Gasteiger partial charge in [-0.3, -0.25) is 0 Å². The molecule has 0 saturated heterocycles. The molecule has 0 amide bonds. The third kappa shape index (κ3) is 14.9. The van der Waals surface area contributed by atoms with Crippen LogP contribution in [0.25, 0.3) is 0 Å². The van der Waals surface area contributed by atoms with Gasteiger partial charge in [0.2, 0.25) is 0 Å². The van der Waals surface area contributed by atoms with Crippen molar-refractivity contribution in [3.8, 4) is 0 Å². The summed E-state index contributed by atoms with van der Waals surface area (Å²) in [6, 6.07) is 0. The highest BCUT2D eigenvalue weighted by atomic mass is 16.7. The van der Waals surface area contributed by atoms with Crippen LogP contribution in [0.1, 0.15) is 79.1 Å². The largest absolute Gasteiger partial charge is 0.463 e. The molecule has 25 heavy (non-hydrogen) atoms.